The van der Waals surface area contributed by atoms with Gasteiger partial charge in [0.1, 0.15) is 12.4 Å². The van der Waals surface area contributed by atoms with E-state index in [4.69, 9.17) is 4.74 Å². The van der Waals surface area contributed by atoms with E-state index in [0.29, 0.717) is 0 Å². The predicted octanol–water partition coefficient (Wildman–Crippen LogP) is 2.79. The zero-order valence-electron chi connectivity index (χ0n) is 11.6. The van der Waals surface area contributed by atoms with Crippen LogP contribution in [-0.4, -0.2) is 50.7 Å². The van der Waals surface area contributed by atoms with Crippen LogP contribution >= 0.6 is 11.8 Å². The number of hydrogen-bond donors (Lipinski definition) is 1. The highest BCUT2D eigenvalue weighted by molar-refractivity contribution is 7.98. The van der Waals surface area contributed by atoms with Gasteiger partial charge >= 0.3 is 0 Å². The first-order valence-corrected chi connectivity index (χ1v) is 7.72. The Hall–Kier alpha value is -0.870. The normalized spacial score (nSPS) is 10.7. The average Bonchev–Trinajstić information content (AvgIpc) is 2.36. The van der Waals surface area contributed by atoms with E-state index in [-0.39, 0.29) is 0 Å². The molecule has 0 bridgehead atoms. The van der Waals surface area contributed by atoms with Gasteiger partial charge in [0.15, 0.2) is 0 Å². The van der Waals surface area contributed by atoms with Gasteiger partial charge in [-0.3, -0.25) is 0 Å². The second-order valence-electron chi connectivity index (χ2n) is 4.45. The lowest BCUT2D eigenvalue weighted by atomic mass is 10.3. The van der Waals surface area contributed by atoms with Crippen molar-refractivity contribution in [1.82, 2.24) is 4.90 Å². The molecule has 0 fully saturated rings. The van der Waals surface area contributed by atoms with Gasteiger partial charge in [0, 0.05) is 18.8 Å². The summed E-state index contributed by atoms with van der Waals surface area (Å²) < 4.78 is 5.64. The van der Waals surface area contributed by atoms with Crippen LogP contribution in [0.5, 0.6) is 5.75 Å². The van der Waals surface area contributed by atoms with Crippen LogP contribution in [0.2, 0.25) is 0 Å². The van der Waals surface area contributed by atoms with Crippen molar-refractivity contribution in [3.05, 3.63) is 24.3 Å². The molecule has 0 aromatic heterocycles. The van der Waals surface area contributed by atoms with E-state index >= 15 is 0 Å². The number of ether oxygens (including phenoxy) is 1. The van der Waals surface area contributed by atoms with Gasteiger partial charge in [-0.25, -0.2) is 0 Å². The second kappa shape index (κ2) is 9.11. The molecular formula is C14H24N2OS. The molecule has 0 radical (unpaired) electrons. The third kappa shape index (κ3) is 6.77. The fraction of sp³-hybridized carbons (Fsp3) is 0.571. The largest absolute Gasteiger partial charge is 0.492 e. The summed E-state index contributed by atoms with van der Waals surface area (Å²) in [6.45, 7) is 2.70. The van der Waals surface area contributed by atoms with E-state index in [1.54, 1.807) is 0 Å². The van der Waals surface area contributed by atoms with Gasteiger partial charge in [0.05, 0.1) is 0 Å². The zero-order chi connectivity index (χ0) is 13.2. The highest BCUT2D eigenvalue weighted by Crippen LogP contribution is 2.15. The van der Waals surface area contributed by atoms with Gasteiger partial charge in [-0.15, -0.1) is 0 Å². The SMILES string of the molecule is CSCCCNc1ccc(OCCN(C)C)cc1. The Morgan fingerprint density at radius 3 is 2.56 bits per heavy atom. The van der Waals surface area contributed by atoms with Crippen molar-refractivity contribution in [2.75, 3.05) is 51.1 Å². The van der Waals surface area contributed by atoms with Crippen LogP contribution in [0.25, 0.3) is 0 Å². The summed E-state index contributed by atoms with van der Waals surface area (Å²) in [5.74, 6) is 2.14. The molecule has 1 aromatic rings. The summed E-state index contributed by atoms with van der Waals surface area (Å²) >= 11 is 1.89. The number of benzene rings is 1. The molecule has 0 amide bonds. The maximum atomic E-state index is 5.64. The maximum Gasteiger partial charge on any atom is 0.119 e. The summed E-state index contributed by atoms with van der Waals surface area (Å²) in [6.07, 6.45) is 3.34. The molecule has 0 aliphatic carbocycles. The van der Waals surface area contributed by atoms with E-state index in [1.165, 1.54) is 12.2 Å². The molecule has 102 valence electrons. The van der Waals surface area contributed by atoms with Gasteiger partial charge in [-0.1, -0.05) is 0 Å². The number of nitrogens with one attached hydrogen (secondary N) is 1. The molecule has 0 unspecified atom stereocenters. The van der Waals surface area contributed by atoms with E-state index in [0.717, 1.165) is 31.1 Å². The highest BCUT2D eigenvalue weighted by atomic mass is 32.2. The van der Waals surface area contributed by atoms with E-state index < -0.39 is 0 Å². The average molecular weight is 268 g/mol. The lowest BCUT2D eigenvalue weighted by molar-refractivity contribution is 0.261. The van der Waals surface area contributed by atoms with Crippen molar-refractivity contribution in [3.63, 3.8) is 0 Å². The third-order valence-corrected chi connectivity index (χ3v) is 3.21. The molecule has 1 rings (SSSR count). The molecule has 18 heavy (non-hydrogen) atoms. The van der Waals surface area contributed by atoms with Crippen molar-refractivity contribution in [2.45, 2.75) is 6.42 Å². The van der Waals surface area contributed by atoms with Gasteiger partial charge in [0.2, 0.25) is 0 Å². The molecular weight excluding hydrogens is 244 g/mol. The summed E-state index contributed by atoms with van der Waals surface area (Å²) in [5, 5.41) is 3.40. The van der Waals surface area contributed by atoms with Crippen molar-refractivity contribution < 1.29 is 4.74 Å². The second-order valence-corrected chi connectivity index (χ2v) is 5.43. The smallest absolute Gasteiger partial charge is 0.119 e. The van der Waals surface area contributed by atoms with Crippen LogP contribution in [0.4, 0.5) is 5.69 Å². The van der Waals surface area contributed by atoms with Gasteiger partial charge in [0.25, 0.3) is 0 Å². The molecule has 3 nitrogen and oxygen atoms in total. The van der Waals surface area contributed by atoms with E-state index in [1.807, 2.05) is 38.0 Å². The predicted molar refractivity (Wildman–Crippen MR) is 82.0 cm³/mol. The van der Waals surface area contributed by atoms with Crippen molar-refractivity contribution in [2.24, 2.45) is 0 Å². The van der Waals surface area contributed by atoms with Crippen molar-refractivity contribution in [3.8, 4) is 5.75 Å². The Morgan fingerprint density at radius 1 is 1.22 bits per heavy atom. The summed E-state index contributed by atoms with van der Waals surface area (Å²) in [4.78, 5) is 2.11. The number of likely N-dealkylation sites (N-methyl/N-ethyl adjacent to an activating group) is 1. The van der Waals surface area contributed by atoms with Crippen molar-refractivity contribution in [1.29, 1.82) is 0 Å². The number of rotatable bonds is 9. The molecule has 0 atom stereocenters. The first-order chi connectivity index (χ1) is 8.72. The topological polar surface area (TPSA) is 24.5 Å². The van der Waals surface area contributed by atoms with Gasteiger partial charge in [-0.05, 0) is 56.8 Å². The molecule has 0 saturated carbocycles. The summed E-state index contributed by atoms with van der Waals surface area (Å²) in [5.41, 5.74) is 1.16. The first-order valence-electron chi connectivity index (χ1n) is 6.33. The summed E-state index contributed by atoms with van der Waals surface area (Å²) in [7, 11) is 4.09. The van der Waals surface area contributed by atoms with Crippen LogP contribution in [-0.2, 0) is 0 Å². The fourth-order valence-electron chi connectivity index (χ4n) is 1.46. The Labute approximate surface area is 115 Å². The minimum Gasteiger partial charge on any atom is -0.492 e. The minimum absolute atomic E-state index is 0.730. The lowest BCUT2D eigenvalue weighted by Gasteiger charge is -2.11. The molecule has 1 N–H and O–H groups in total. The molecule has 0 heterocycles. The Bertz CT molecular complexity index is 314. The Balaban J connectivity index is 2.24. The molecule has 4 heteroatoms. The highest BCUT2D eigenvalue weighted by Gasteiger charge is 1.96. The van der Waals surface area contributed by atoms with Crippen LogP contribution in [0.1, 0.15) is 6.42 Å². The minimum atomic E-state index is 0.730. The first kappa shape index (κ1) is 15.2. The zero-order valence-corrected chi connectivity index (χ0v) is 12.4. The van der Waals surface area contributed by atoms with Gasteiger partial charge < -0.3 is 15.0 Å². The molecule has 1 aromatic carbocycles. The monoisotopic (exact) mass is 268 g/mol. The van der Waals surface area contributed by atoms with Crippen molar-refractivity contribution >= 4 is 17.4 Å². The molecule has 0 aliphatic heterocycles. The van der Waals surface area contributed by atoms with Crippen LogP contribution in [0, 0.1) is 0 Å². The molecule has 0 saturated heterocycles. The lowest BCUT2D eigenvalue weighted by Crippen LogP contribution is -2.19. The number of hydrogen-bond acceptors (Lipinski definition) is 4. The third-order valence-electron chi connectivity index (χ3n) is 2.52. The molecule has 0 aliphatic rings. The van der Waals surface area contributed by atoms with E-state index in [9.17, 15) is 0 Å². The number of nitrogens with zero attached hydrogens (tertiary/aromatic N) is 1. The number of anilines is 1. The van der Waals surface area contributed by atoms with Gasteiger partial charge in [-0.2, -0.15) is 11.8 Å². The standard InChI is InChI=1S/C14H24N2OS/c1-16(2)10-11-17-14-7-5-13(6-8-14)15-9-4-12-18-3/h5-8,15H,4,9-12H2,1-3H3. The van der Waals surface area contributed by atoms with Crippen LogP contribution in [0.15, 0.2) is 24.3 Å². The Morgan fingerprint density at radius 2 is 1.94 bits per heavy atom. The van der Waals surface area contributed by atoms with Crippen LogP contribution < -0.4 is 10.1 Å². The maximum absolute atomic E-state index is 5.64. The Kier molecular flexibility index (Phi) is 7.69. The number of thioether (sulfide) groups is 1. The van der Waals surface area contributed by atoms with E-state index in [2.05, 4.69) is 28.6 Å². The fourth-order valence-corrected chi connectivity index (χ4v) is 1.90. The quantitative estimate of drug-likeness (QED) is 0.696. The van der Waals surface area contributed by atoms with Crippen LogP contribution in [0.3, 0.4) is 0 Å². The molecule has 0 spiro atoms. The summed E-state index contributed by atoms with van der Waals surface area (Å²) in [6, 6.07) is 8.19.